The fraction of sp³-hybridized carbons (Fsp3) is 0.348. The van der Waals surface area contributed by atoms with Crippen molar-refractivity contribution in [3.63, 3.8) is 0 Å². The average Bonchev–Trinajstić information content (AvgIpc) is 3.09. The van der Waals surface area contributed by atoms with Crippen molar-refractivity contribution in [3.05, 3.63) is 60.2 Å². The number of carbonyl (C=O) groups is 3. The number of para-hydroxylation sites is 1. The zero-order valence-electron chi connectivity index (χ0n) is 17.4. The molecule has 0 aromatic heterocycles. The molecule has 0 saturated carbocycles. The summed E-state index contributed by atoms with van der Waals surface area (Å²) >= 11 is 1.09. The summed E-state index contributed by atoms with van der Waals surface area (Å²) in [5.41, 5.74) is 0.962. The van der Waals surface area contributed by atoms with Gasteiger partial charge in [-0.2, -0.15) is 0 Å². The van der Waals surface area contributed by atoms with E-state index in [2.05, 4.69) is 5.32 Å². The molecular weight excluding hydrogens is 416 g/mol. The van der Waals surface area contributed by atoms with Gasteiger partial charge in [0.05, 0.1) is 18.4 Å². The maximum absolute atomic E-state index is 12.3. The Hall–Kier alpha value is -3.00. The van der Waals surface area contributed by atoms with Gasteiger partial charge in [0.15, 0.2) is 0 Å². The first-order chi connectivity index (χ1) is 15.0. The monoisotopic (exact) mass is 442 g/mol. The number of rotatable bonds is 9. The van der Waals surface area contributed by atoms with Gasteiger partial charge in [-0.15, -0.1) is 0 Å². The molecule has 3 rings (SSSR count). The molecule has 1 unspecified atom stereocenters. The SMILES string of the molecule is CCOC(=O)CCNC(=O)SC1CCC(=O)N1Cc1ccc(Oc2ccccc2)cc1. The van der Waals surface area contributed by atoms with Crippen molar-refractivity contribution in [2.45, 2.75) is 38.1 Å². The molecule has 8 heteroatoms. The Morgan fingerprint density at radius 3 is 2.52 bits per heavy atom. The normalized spacial score (nSPS) is 15.6. The number of hydrogen-bond donors (Lipinski definition) is 1. The molecule has 2 aromatic rings. The number of benzene rings is 2. The smallest absolute Gasteiger partial charge is 0.307 e. The molecule has 1 heterocycles. The van der Waals surface area contributed by atoms with Gasteiger partial charge in [0.2, 0.25) is 5.91 Å². The molecule has 2 amide bonds. The summed E-state index contributed by atoms with van der Waals surface area (Å²) in [6.07, 6.45) is 1.16. The van der Waals surface area contributed by atoms with Crippen molar-refractivity contribution < 1.29 is 23.9 Å². The van der Waals surface area contributed by atoms with E-state index in [1.54, 1.807) is 11.8 Å². The standard InChI is InChI=1S/C23H26N2O5S/c1-2-29-22(27)14-15-24-23(28)31-21-13-12-20(26)25(21)16-17-8-10-19(11-9-17)30-18-6-4-3-5-7-18/h3-11,21H,2,12-16H2,1H3,(H,24,28). The van der Waals surface area contributed by atoms with Gasteiger partial charge in [-0.25, -0.2) is 0 Å². The summed E-state index contributed by atoms with van der Waals surface area (Å²) in [6, 6.07) is 17.1. The summed E-state index contributed by atoms with van der Waals surface area (Å²) in [4.78, 5) is 37.6. The zero-order chi connectivity index (χ0) is 22.1. The van der Waals surface area contributed by atoms with Crippen molar-refractivity contribution in [2.24, 2.45) is 0 Å². The molecular formula is C23H26N2O5S. The number of nitrogens with one attached hydrogen (secondary N) is 1. The molecule has 1 N–H and O–H groups in total. The van der Waals surface area contributed by atoms with Crippen LogP contribution in [0, 0.1) is 0 Å². The fourth-order valence-electron chi connectivity index (χ4n) is 3.17. The Morgan fingerprint density at radius 2 is 1.81 bits per heavy atom. The van der Waals surface area contributed by atoms with Crippen LogP contribution in [-0.2, 0) is 20.9 Å². The molecule has 0 aliphatic carbocycles. The third-order valence-electron chi connectivity index (χ3n) is 4.68. The van der Waals surface area contributed by atoms with Crippen molar-refractivity contribution in [1.29, 1.82) is 0 Å². The van der Waals surface area contributed by atoms with Gasteiger partial charge >= 0.3 is 5.97 Å². The van der Waals surface area contributed by atoms with Gasteiger partial charge in [-0.1, -0.05) is 30.3 Å². The molecule has 0 spiro atoms. The van der Waals surface area contributed by atoms with Crippen LogP contribution in [0.5, 0.6) is 11.5 Å². The lowest BCUT2D eigenvalue weighted by molar-refractivity contribution is -0.142. The minimum absolute atomic E-state index is 0.0291. The zero-order valence-corrected chi connectivity index (χ0v) is 18.2. The highest BCUT2D eigenvalue weighted by atomic mass is 32.2. The van der Waals surface area contributed by atoms with Gasteiger partial charge in [-0.05, 0) is 54.9 Å². The van der Waals surface area contributed by atoms with Crippen molar-refractivity contribution >= 4 is 28.9 Å². The van der Waals surface area contributed by atoms with Crippen LogP contribution in [0.3, 0.4) is 0 Å². The molecule has 0 radical (unpaired) electrons. The number of amides is 2. The maximum Gasteiger partial charge on any atom is 0.307 e. The molecule has 31 heavy (non-hydrogen) atoms. The number of ether oxygens (including phenoxy) is 2. The number of likely N-dealkylation sites (tertiary alicyclic amines) is 1. The predicted molar refractivity (Wildman–Crippen MR) is 119 cm³/mol. The van der Waals surface area contributed by atoms with Crippen LogP contribution in [0.25, 0.3) is 0 Å². The summed E-state index contributed by atoms with van der Waals surface area (Å²) in [6.45, 7) is 2.70. The van der Waals surface area contributed by atoms with Crippen LogP contribution in [0.15, 0.2) is 54.6 Å². The molecule has 1 atom stereocenters. The summed E-state index contributed by atoms with van der Waals surface area (Å²) < 4.78 is 10.6. The number of nitrogens with zero attached hydrogens (tertiary/aromatic N) is 1. The van der Waals surface area contributed by atoms with Crippen molar-refractivity contribution in [1.82, 2.24) is 10.2 Å². The Balaban J connectivity index is 1.50. The molecule has 1 aliphatic rings. The van der Waals surface area contributed by atoms with Crippen LogP contribution >= 0.6 is 11.8 Å². The van der Waals surface area contributed by atoms with E-state index in [0.717, 1.165) is 28.8 Å². The molecule has 1 saturated heterocycles. The molecule has 2 aromatic carbocycles. The van der Waals surface area contributed by atoms with E-state index in [9.17, 15) is 14.4 Å². The van der Waals surface area contributed by atoms with E-state index in [1.165, 1.54) is 0 Å². The molecule has 7 nitrogen and oxygen atoms in total. The largest absolute Gasteiger partial charge is 0.466 e. The van der Waals surface area contributed by atoms with Crippen LogP contribution in [0.2, 0.25) is 0 Å². The van der Waals surface area contributed by atoms with E-state index in [0.29, 0.717) is 26.0 Å². The Morgan fingerprint density at radius 1 is 1.10 bits per heavy atom. The summed E-state index contributed by atoms with van der Waals surface area (Å²) in [5.74, 6) is 1.16. The molecule has 1 fully saturated rings. The second kappa shape index (κ2) is 11.4. The quantitative estimate of drug-likeness (QED) is 0.582. The van der Waals surface area contributed by atoms with Crippen LogP contribution < -0.4 is 10.1 Å². The highest BCUT2D eigenvalue weighted by Crippen LogP contribution is 2.30. The van der Waals surface area contributed by atoms with E-state index >= 15 is 0 Å². The van der Waals surface area contributed by atoms with Crippen LogP contribution in [0.1, 0.15) is 31.7 Å². The minimum atomic E-state index is -0.342. The second-order valence-corrected chi connectivity index (χ2v) is 8.11. The van der Waals surface area contributed by atoms with Crippen molar-refractivity contribution in [3.8, 4) is 11.5 Å². The van der Waals surface area contributed by atoms with E-state index in [-0.39, 0.29) is 35.5 Å². The molecule has 164 valence electrons. The number of carbonyl (C=O) groups excluding carboxylic acids is 3. The van der Waals surface area contributed by atoms with Gasteiger partial charge in [0, 0.05) is 19.5 Å². The Kier molecular flexibility index (Phi) is 8.35. The van der Waals surface area contributed by atoms with E-state index in [1.807, 2.05) is 54.6 Å². The predicted octanol–water partition coefficient (Wildman–Crippen LogP) is 4.32. The lowest BCUT2D eigenvalue weighted by Gasteiger charge is -2.24. The Labute approximate surface area is 186 Å². The highest BCUT2D eigenvalue weighted by molar-refractivity contribution is 8.14. The fourth-order valence-corrected chi connectivity index (χ4v) is 4.16. The van der Waals surface area contributed by atoms with Gasteiger partial charge in [0.25, 0.3) is 5.24 Å². The molecule has 0 bridgehead atoms. The summed E-state index contributed by atoms with van der Waals surface area (Å²) in [7, 11) is 0. The first kappa shape index (κ1) is 22.7. The first-order valence-corrected chi connectivity index (χ1v) is 11.1. The number of hydrogen-bond acceptors (Lipinski definition) is 6. The van der Waals surface area contributed by atoms with Gasteiger partial charge < -0.3 is 19.7 Å². The first-order valence-electron chi connectivity index (χ1n) is 10.3. The topological polar surface area (TPSA) is 84.9 Å². The van der Waals surface area contributed by atoms with Crippen LogP contribution in [0.4, 0.5) is 4.79 Å². The lowest BCUT2D eigenvalue weighted by Crippen LogP contribution is -2.33. The number of esters is 1. The maximum atomic E-state index is 12.3. The third kappa shape index (κ3) is 7.03. The average molecular weight is 443 g/mol. The van der Waals surface area contributed by atoms with Gasteiger partial charge in [-0.3, -0.25) is 14.4 Å². The third-order valence-corrected chi connectivity index (χ3v) is 5.80. The van der Waals surface area contributed by atoms with Crippen molar-refractivity contribution in [2.75, 3.05) is 13.2 Å². The number of thioether (sulfide) groups is 1. The minimum Gasteiger partial charge on any atom is -0.466 e. The second-order valence-electron chi connectivity index (χ2n) is 6.96. The van der Waals surface area contributed by atoms with Crippen LogP contribution in [-0.4, -0.2) is 40.5 Å². The van der Waals surface area contributed by atoms with Gasteiger partial charge in [0.1, 0.15) is 11.5 Å². The highest BCUT2D eigenvalue weighted by Gasteiger charge is 2.33. The molecule has 1 aliphatic heterocycles. The van der Waals surface area contributed by atoms with E-state index < -0.39 is 0 Å². The Bertz CT molecular complexity index is 889. The lowest BCUT2D eigenvalue weighted by atomic mass is 10.2. The summed E-state index contributed by atoms with van der Waals surface area (Å²) in [5, 5.41) is 2.22. The van der Waals surface area contributed by atoms with E-state index in [4.69, 9.17) is 9.47 Å².